The van der Waals surface area contributed by atoms with Crippen LogP contribution in [-0.2, 0) is 9.59 Å². The van der Waals surface area contributed by atoms with Crippen molar-refractivity contribution in [3.8, 4) is 0 Å². The van der Waals surface area contributed by atoms with E-state index >= 15 is 0 Å². The van der Waals surface area contributed by atoms with E-state index in [-0.39, 0.29) is 17.2 Å². The summed E-state index contributed by atoms with van der Waals surface area (Å²) in [6.07, 6.45) is 5.33. The fourth-order valence-corrected chi connectivity index (χ4v) is 1.90. The third-order valence-corrected chi connectivity index (χ3v) is 2.84. The molecule has 1 unspecified atom stereocenters. The standard InChI is InChI=1S/C8H11NO2S/c1-3-8(12-2)9-6(10)4-5-7(9)11/h4-5,8H,3H2,1-2H3. The highest BCUT2D eigenvalue weighted by molar-refractivity contribution is 7.99. The van der Waals surface area contributed by atoms with E-state index in [0.29, 0.717) is 0 Å². The Bertz CT molecular complexity index is 215. The van der Waals surface area contributed by atoms with Gasteiger partial charge in [-0.15, -0.1) is 11.8 Å². The van der Waals surface area contributed by atoms with Crippen molar-refractivity contribution >= 4 is 23.6 Å². The summed E-state index contributed by atoms with van der Waals surface area (Å²) in [4.78, 5) is 23.6. The molecule has 0 N–H and O–H groups in total. The van der Waals surface area contributed by atoms with Gasteiger partial charge in [0.15, 0.2) is 0 Å². The quantitative estimate of drug-likeness (QED) is 0.616. The monoisotopic (exact) mass is 185 g/mol. The van der Waals surface area contributed by atoms with Crippen LogP contribution >= 0.6 is 11.8 Å². The Kier molecular flexibility index (Phi) is 2.92. The zero-order chi connectivity index (χ0) is 9.14. The first-order valence-electron chi connectivity index (χ1n) is 3.78. The van der Waals surface area contributed by atoms with Crippen molar-refractivity contribution < 1.29 is 9.59 Å². The molecule has 0 fully saturated rings. The van der Waals surface area contributed by atoms with Crippen molar-refractivity contribution in [1.29, 1.82) is 0 Å². The fraction of sp³-hybridized carbons (Fsp3) is 0.500. The molecular weight excluding hydrogens is 174 g/mol. The van der Waals surface area contributed by atoms with Crippen LogP contribution in [0.1, 0.15) is 13.3 Å². The summed E-state index contributed by atoms with van der Waals surface area (Å²) in [6.45, 7) is 1.96. The number of thioether (sulfide) groups is 1. The molecule has 1 atom stereocenters. The Hall–Kier alpha value is -0.770. The molecule has 1 aliphatic heterocycles. The molecule has 0 bridgehead atoms. The van der Waals surface area contributed by atoms with E-state index in [1.165, 1.54) is 28.8 Å². The maximum absolute atomic E-state index is 11.1. The van der Waals surface area contributed by atoms with Crippen LogP contribution in [0.3, 0.4) is 0 Å². The first-order chi connectivity index (χ1) is 5.70. The summed E-state index contributed by atoms with van der Waals surface area (Å²) in [5.74, 6) is -0.387. The van der Waals surface area contributed by atoms with E-state index in [1.807, 2.05) is 13.2 Å². The molecule has 0 aliphatic carbocycles. The molecule has 1 aliphatic rings. The summed E-state index contributed by atoms with van der Waals surface area (Å²) >= 11 is 1.52. The van der Waals surface area contributed by atoms with Crippen molar-refractivity contribution in [1.82, 2.24) is 4.90 Å². The van der Waals surface area contributed by atoms with Crippen LogP contribution in [-0.4, -0.2) is 28.3 Å². The molecule has 3 nitrogen and oxygen atoms in total. The van der Waals surface area contributed by atoms with Gasteiger partial charge < -0.3 is 0 Å². The van der Waals surface area contributed by atoms with E-state index in [1.54, 1.807) is 0 Å². The summed E-state index contributed by atoms with van der Waals surface area (Å²) in [7, 11) is 0. The van der Waals surface area contributed by atoms with Gasteiger partial charge in [0.25, 0.3) is 11.8 Å². The molecule has 0 aromatic rings. The van der Waals surface area contributed by atoms with Gasteiger partial charge in [0.2, 0.25) is 0 Å². The number of carbonyl (C=O) groups is 2. The Morgan fingerprint density at radius 3 is 2.25 bits per heavy atom. The Morgan fingerprint density at radius 1 is 1.42 bits per heavy atom. The molecule has 0 radical (unpaired) electrons. The average Bonchev–Trinajstić information content (AvgIpc) is 2.38. The topological polar surface area (TPSA) is 37.4 Å². The largest absolute Gasteiger partial charge is 0.269 e. The highest BCUT2D eigenvalue weighted by atomic mass is 32.2. The molecule has 0 aromatic heterocycles. The maximum Gasteiger partial charge on any atom is 0.254 e. The molecular formula is C8H11NO2S. The summed E-state index contributed by atoms with van der Waals surface area (Å²) in [5.41, 5.74) is 0. The van der Waals surface area contributed by atoms with Gasteiger partial charge in [0.1, 0.15) is 0 Å². The first-order valence-corrected chi connectivity index (χ1v) is 5.07. The molecule has 0 spiro atoms. The van der Waals surface area contributed by atoms with E-state index in [0.717, 1.165) is 6.42 Å². The lowest BCUT2D eigenvalue weighted by Gasteiger charge is -2.22. The molecule has 1 rings (SSSR count). The number of carbonyl (C=O) groups excluding carboxylic acids is 2. The van der Waals surface area contributed by atoms with Crippen molar-refractivity contribution in [2.24, 2.45) is 0 Å². The van der Waals surface area contributed by atoms with Gasteiger partial charge in [0.05, 0.1) is 5.37 Å². The minimum absolute atomic E-state index is 0.0139. The van der Waals surface area contributed by atoms with Crippen molar-refractivity contribution in [2.75, 3.05) is 6.26 Å². The molecule has 0 aromatic carbocycles. The van der Waals surface area contributed by atoms with Crippen LogP contribution in [0, 0.1) is 0 Å². The van der Waals surface area contributed by atoms with Crippen LogP contribution in [0.15, 0.2) is 12.2 Å². The van der Waals surface area contributed by atoms with Crippen molar-refractivity contribution in [3.63, 3.8) is 0 Å². The lowest BCUT2D eigenvalue weighted by atomic mass is 10.4. The molecule has 0 saturated heterocycles. The molecule has 2 amide bonds. The highest BCUT2D eigenvalue weighted by Gasteiger charge is 2.29. The third kappa shape index (κ3) is 1.53. The van der Waals surface area contributed by atoms with Gasteiger partial charge in [0, 0.05) is 12.2 Å². The van der Waals surface area contributed by atoms with E-state index in [9.17, 15) is 9.59 Å². The minimum atomic E-state index is -0.193. The number of nitrogens with zero attached hydrogens (tertiary/aromatic N) is 1. The van der Waals surface area contributed by atoms with Gasteiger partial charge in [-0.1, -0.05) is 6.92 Å². The smallest absolute Gasteiger partial charge is 0.254 e. The second-order valence-electron chi connectivity index (χ2n) is 2.48. The lowest BCUT2D eigenvalue weighted by Crippen LogP contribution is -2.37. The van der Waals surface area contributed by atoms with Crippen molar-refractivity contribution in [2.45, 2.75) is 18.7 Å². The van der Waals surface area contributed by atoms with Gasteiger partial charge in [-0.2, -0.15) is 0 Å². The molecule has 4 heteroatoms. The van der Waals surface area contributed by atoms with E-state index < -0.39 is 0 Å². The number of hydrogen-bond donors (Lipinski definition) is 0. The zero-order valence-electron chi connectivity index (χ0n) is 7.11. The predicted molar refractivity (Wildman–Crippen MR) is 48.6 cm³/mol. The number of amides is 2. The minimum Gasteiger partial charge on any atom is -0.269 e. The first kappa shape index (κ1) is 9.32. The third-order valence-electron chi connectivity index (χ3n) is 1.75. The molecule has 1 heterocycles. The summed E-state index contributed by atoms with van der Waals surface area (Å²) in [5, 5.41) is -0.0139. The highest BCUT2D eigenvalue weighted by Crippen LogP contribution is 2.19. The van der Waals surface area contributed by atoms with Gasteiger partial charge >= 0.3 is 0 Å². The van der Waals surface area contributed by atoms with Gasteiger partial charge in [-0.05, 0) is 12.7 Å². The second-order valence-corrected chi connectivity index (χ2v) is 3.49. The van der Waals surface area contributed by atoms with E-state index in [4.69, 9.17) is 0 Å². The normalized spacial score (nSPS) is 19.0. The van der Waals surface area contributed by atoms with Crippen LogP contribution in [0.5, 0.6) is 0 Å². The summed E-state index contributed by atoms with van der Waals surface area (Å²) < 4.78 is 0. The van der Waals surface area contributed by atoms with Crippen LogP contribution in [0.4, 0.5) is 0 Å². The van der Waals surface area contributed by atoms with Crippen LogP contribution in [0.25, 0.3) is 0 Å². The van der Waals surface area contributed by atoms with E-state index in [2.05, 4.69) is 0 Å². The zero-order valence-corrected chi connectivity index (χ0v) is 7.93. The molecule has 0 saturated carbocycles. The van der Waals surface area contributed by atoms with Crippen molar-refractivity contribution in [3.05, 3.63) is 12.2 Å². The molecule has 12 heavy (non-hydrogen) atoms. The summed E-state index contributed by atoms with van der Waals surface area (Å²) in [6, 6.07) is 0. The Balaban J connectivity index is 2.74. The lowest BCUT2D eigenvalue weighted by molar-refractivity contribution is -0.137. The number of imide groups is 1. The Morgan fingerprint density at radius 2 is 1.92 bits per heavy atom. The Labute approximate surface area is 75.8 Å². The van der Waals surface area contributed by atoms with Crippen LogP contribution < -0.4 is 0 Å². The SMILES string of the molecule is CCC(SC)N1C(=O)C=CC1=O. The van der Waals surface area contributed by atoms with Gasteiger partial charge in [-0.3, -0.25) is 14.5 Å². The number of hydrogen-bond acceptors (Lipinski definition) is 3. The number of rotatable bonds is 3. The average molecular weight is 185 g/mol. The molecule has 66 valence electrons. The van der Waals surface area contributed by atoms with Gasteiger partial charge in [-0.25, -0.2) is 0 Å². The fourth-order valence-electron chi connectivity index (χ4n) is 1.15. The second kappa shape index (κ2) is 3.76. The maximum atomic E-state index is 11.1. The predicted octanol–water partition coefficient (Wildman–Crippen LogP) is 1.01. The van der Waals surface area contributed by atoms with Crippen LogP contribution in [0.2, 0.25) is 0 Å².